The van der Waals surface area contributed by atoms with Gasteiger partial charge in [0.1, 0.15) is 11.2 Å². The van der Waals surface area contributed by atoms with E-state index < -0.39 is 11.3 Å². The molecule has 0 saturated heterocycles. The molecule has 2 aromatic heterocycles. The molecule has 184 valence electrons. The second-order valence-corrected chi connectivity index (χ2v) is 8.81. The molecule has 4 aromatic rings. The summed E-state index contributed by atoms with van der Waals surface area (Å²) in [6.45, 7) is 11.8. The number of fused-ring (bicyclic) bond motifs is 6. The first-order valence-electron chi connectivity index (χ1n) is 12.6. The van der Waals surface area contributed by atoms with E-state index in [2.05, 4.69) is 37.5 Å². The fraction of sp³-hybridized carbons (Fsp3) is 0.267. The first-order chi connectivity index (χ1) is 17.5. The maximum absolute atomic E-state index is 13.0. The third kappa shape index (κ3) is 3.92. The van der Waals surface area contributed by atoms with Crippen LogP contribution in [0.2, 0.25) is 0 Å². The quantitative estimate of drug-likeness (QED) is 0.394. The van der Waals surface area contributed by atoms with Crippen molar-refractivity contribution in [2.45, 2.75) is 27.7 Å². The van der Waals surface area contributed by atoms with Crippen molar-refractivity contribution in [2.24, 2.45) is 0 Å². The van der Waals surface area contributed by atoms with Crippen molar-refractivity contribution in [2.75, 3.05) is 36.0 Å². The van der Waals surface area contributed by atoms with E-state index in [0.717, 1.165) is 58.8 Å². The van der Waals surface area contributed by atoms with Crippen molar-refractivity contribution in [3.63, 3.8) is 0 Å². The normalized spacial score (nSPS) is 16.1. The Balaban J connectivity index is 1.78. The lowest BCUT2D eigenvalue weighted by molar-refractivity contribution is 0.553. The minimum atomic E-state index is -0.408. The molecule has 0 N–H and O–H groups in total. The molecule has 0 unspecified atom stereocenters. The summed E-state index contributed by atoms with van der Waals surface area (Å²) in [7, 11) is 0. The van der Waals surface area contributed by atoms with Crippen LogP contribution in [0.3, 0.4) is 0 Å². The molecular weight excluding hydrogens is 452 g/mol. The Morgan fingerprint density at radius 3 is 1.28 bits per heavy atom. The maximum Gasteiger partial charge on any atom is 0.344 e. The van der Waals surface area contributed by atoms with Gasteiger partial charge in [0.05, 0.1) is 10.4 Å². The molecule has 2 aromatic carbocycles. The van der Waals surface area contributed by atoms with Crippen molar-refractivity contribution >= 4 is 57.6 Å². The lowest BCUT2D eigenvalue weighted by Crippen LogP contribution is -2.42. The van der Waals surface area contributed by atoms with Crippen molar-refractivity contribution in [1.29, 1.82) is 0 Å². The van der Waals surface area contributed by atoms with Crippen molar-refractivity contribution in [3.8, 4) is 0 Å². The zero-order chi connectivity index (χ0) is 25.4. The molecule has 0 radical (unpaired) electrons. The number of benzene rings is 2. The minimum Gasteiger partial charge on any atom is -0.422 e. The highest BCUT2D eigenvalue weighted by molar-refractivity contribution is 5.88. The van der Waals surface area contributed by atoms with Gasteiger partial charge in [-0.2, -0.15) is 0 Å². The van der Waals surface area contributed by atoms with Gasteiger partial charge in [-0.15, -0.1) is 0 Å². The molecule has 1 aliphatic rings. The molecule has 0 aliphatic heterocycles. The summed E-state index contributed by atoms with van der Waals surface area (Å²) >= 11 is 0. The number of anilines is 2. The van der Waals surface area contributed by atoms with E-state index in [4.69, 9.17) is 8.83 Å². The first kappa shape index (κ1) is 23.7. The Labute approximate surface area is 208 Å². The van der Waals surface area contributed by atoms with Crippen LogP contribution >= 0.6 is 0 Å². The Hall–Kier alpha value is -4.06. The van der Waals surface area contributed by atoms with Crippen LogP contribution in [0.1, 0.15) is 27.7 Å². The van der Waals surface area contributed by atoms with Gasteiger partial charge >= 0.3 is 11.3 Å². The molecule has 0 bridgehead atoms. The molecular formula is C30H30N2O4. The molecule has 0 fully saturated rings. The molecule has 5 rings (SSSR count). The van der Waals surface area contributed by atoms with Gasteiger partial charge in [0.15, 0.2) is 0 Å². The Bertz CT molecular complexity index is 1700. The van der Waals surface area contributed by atoms with Crippen LogP contribution in [0, 0.1) is 0 Å². The fourth-order valence-corrected chi connectivity index (χ4v) is 5.03. The molecule has 0 saturated carbocycles. The zero-order valence-corrected chi connectivity index (χ0v) is 21.1. The topological polar surface area (TPSA) is 66.9 Å². The summed E-state index contributed by atoms with van der Waals surface area (Å²) in [6, 6.07) is 11.8. The van der Waals surface area contributed by atoms with Crippen LogP contribution in [0.25, 0.3) is 46.2 Å². The lowest BCUT2D eigenvalue weighted by atomic mass is 10.1. The van der Waals surface area contributed by atoms with Gasteiger partial charge in [-0.25, -0.2) is 9.59 Å². The Morgan fingerprint density at radius 1 is 0.556 bits per heavy atom. The summed E-state index contributed by atoms with van der Waals surface area (Å²) in [6.07, 6.45) is 7.14. The molecule has 6 heteroatoms. The third-order valence-electron chi connectivity index (χ3n) is 7.03. The van der Waals surface area contributed by atoms with E-state index in [1.54, 1.807) is 12.2 Å². The number of hydrogen-bond donors (Lipinski definition) is 0. The van der Waals surface area contributed by atoms with Gasteiger partial charge in [-0.3, -0.25) is 0 Å². The summed E-state index contributed by atoms with van der Waals surface area (Å²) in [5.41, 5.74) is 2.24. The second kappa shape index (κ2) is 9.53. The smallest absolute Gasteiger partial charge is 0.344 e. The van der Waals surface area contributed by atoms with E-state index in [1.807, 2.05) is 48.6 Å². The highest BCUT2D eigenvalue weighted by Crippen LogP contribution is 2.20. The molecule has 6 nitrogen and oxygen atoms in total. The number of rotatable bonds is 6. The van der Waals surface area contributed by atoms with Crippen LogP contribution in [-0.4, -0.2) is 26.2 Å². The average molecular weight is 483 g/mol. The fourth-order valence-electron chi connectivity index (χ4n) is 5.03. The van der Waals surface area contributed by atoms with E-state index in [9.17, 15) is 9.59 Å². The largest absolute Gasteiger partial charge is 0.422 e. The molecule has 0 atom stereocenters. The minimum absolute atomic E-state index is 0.408. The van der Waals surface area contributed by atoms with Gasteiger partial charge < -0.3 is 18.6 Å². The molecule has 0 spiro atoms. The molecule has 1 aliphatic carbocycles. The molecule has 2 heterocycles. The van der Waals surface area contributed by atoms with Crippen molar-refractivity contribution < 1.29 is 8.83 Å². The Kier molecular flexibility index (Phi) is 6.27. The van der Waals surface area contributed by atoms with Gasteiger partial charge in [0, 0.05) is 60.5 Å². The third-order valence-corrected chi connectivity index (χ3v) is 7.03. The van der Waals surface area contributed by atoms with E-state index in [1.165, 1.54) is 0 Å². The van der Waals surface area contributed by atoms with E-state index in [-0.39, 0.29) is 0 Å². The summed E-state index contributed by atoms with van der Waals surface area (Å²) < 4.78 is 11.5. The monoisotopic (exact) mass is 482 g/mol. The van der Waals surface area contributed by atoms with Crippen LogP contribution in [-0.2, 0) is 0 Å². The average Bonchev–Trinajstić information content (AvgIpc) is 2.86. The van der Waals surface area contributed by atoms with Crippen molar-refractivity contribution in [3.05, 3.63) is 78.1 Å². The lowest BCUT2D eigenvalue weighted by Gasteiger charge is -2.21. The van der Waals surface area contributed by atoms with Crippen molar-refractivity contribution in [1.82, 2.24) is 0 Å². The zero-order valence-electron chi connectivity index (χ0n) is 21.1. The predicted molar refractivity (Wildman–Crippen MR) is 148 cm³/mol. The van der Waals surface area contributed by atoms with Gasteiger partial charge in [0.25, 0.3) is 0 Å². The number of nitrogens with zero attached hydrogens (tertiary/aromatic N) is 2. The first-order valence-corrected chi connectivity index (χ1v) is 12.6. The van der Waals surface area contributed by atoms with E-state index in [0.29, 0.717) is 21.6 Å². The predicted octanol–water partition coefficient (Wildman–Crippen LogP) is 2.43. The van der Waals surface area contributed by atoms with Gasteiger partial charge in [0.2, 0.25) is 0 Å². The summed E-state index contributed by atoms with van der Waals surface area (Å²) in [5.74, 6) is 0. The van der Waals surface area contributed by atoms with E-state index >= 15 is 0 Å². The maximum atomic E-state index is 13.0. The second-order valence-electron chi connectivity index (χ2n) is 8.81. The number of hydrogen-bond acceptors (Lipinski definition) is 6. The molecule has 0 amide bonds. The van der Waals surface area contributed by atoms with Crippen LogP contribution < -0.4 is 41.9 Å². The van der Waals surface area contributed by atoms with Gasteiger partial charge in [-0.1, -0.05) is 12.2 Å². The van der Waals surface area contributed by atoms with Crippen LogP contribution in [0.4, 0.5) is 11.4 Å². The SMILES string of the molecule is CCN(CC)c1ccc2c3/c(c(=O)oc2c1)=C\C=c1/c(c(=O)oc2cc(N(CC)CC)ccc12)=C\C=3. The standard InChI is InChI=1S/C30H30N2O4/c1-5-31(6-2)19-9-11-23-21-13-15-26-22(14-16-25(21)29(33)35-27(23)17-19)24-12-10-20(32(7-3)8-4)18-28(24)36-30(26)34/h9-18H,5-8H2,1-4H3/b15-13?,16-14?,21-13-,22-14-,25-16+,26-15+. The van der Waals surface area contributed by atoms with Crippen LogP contribution in [0.15, 0.2) is 54.8 Å². The summed E-state index contributed by atoms with van der Waals surface area (Å²) in [5, 5.41) is 4.01. The van der Waals surface area contributed by atoms with Crippen LogP contribution in [0.5, 0.6) is 0 Å². The summed E-state index contributed by atoms with van der Waals surface area (Å²) in [4.78, 5) is 30.5. The highest BCUT2D eigenvalue weighted by Gasteiger charge is 2.11. The Morgan fingerprint density at radius 2 is 0.917 bits per heavy atom. The highest BCUT2D eigenvalue weighted by atomic mass is 16.4. The van der Waals surface area contributed by atoms with Gasteiger partial charge in [-0.05, 0) is 74.5 Å². The molecule has 36 heavy (non-hydrogen) atoms.